The van der Waals surface area contributed by atoms with Crippen molar-refractivity contribution < 1.29 is 52.9 Å². The Morgan fingerprint density at radius 1 is 0.909 bits per heavy atom. The molecule has 66 heavy (non-hydrogen) atoms. The summed E-state index contributed by atoms with van der Waals surface area (Å²) in [7, 11) is 3.33. The van der Waals surface area contributed by atoms with Crippen molar-refractivity contribution in [3.8, 4) is 0 Å². The van der Waals surface area contributed by atoms with Gasteiger partial charge < -0.3 is 39.6 Å². The van der Waals surface area contributed by atoms with Gasteiger partial charge in [0.1, 0.15) is 35.4 Å². The lowest BCUT2D eigenvalue weighted by atomic mass is 9.62. The SMILES string of the molecule is CN(C)C(=O)C=Cc1ccccc1CN1O[C@@H]2[C@H]3OC(c4ccccc4)(c4ccccc4)O[C@H]3[C@@H]3C[C@]2(C(=O)NCc2cccc(C(=O)N[C@H](CO)CCC(=O)OC(C)(C)C)c2)[C@@H]1C(=O)O3. The average Bonchev–Trinajstić information content (AvgIpc) is 3.89. The van der Waals surface area contributed by atoms with Gasteiger partial charge in [0.25, 0.3) is 5.91 Å². The first-order valence-corrected chi connectivity index (χ1v) is 22.2. The third-order valence-corrected chi connectivity index (χ3v) is 12.4. The first-order valence-electron chi connectivity index (χ1n) is 22.2. The molecule has 0 unspecified atom stereocenters. The predicted octanol–water partition coefficient (Wildman–Crippen LogP) is 4.80. The molecular formula is C51H56N4O11. The second-order valence-corrected chi connectivity index (χ2v) is 18.4. The largest absolute Gasteiger partial charge is 0.460 e. The molecule has 1 aliphatic carbocycles. The van der Waals surface area contributed by atoms with Crippen molar-refractivity contribution in [3.63, 3.8) is 0 Å². The predicted molar refractivity (Wildman–Crippen MR) is 240 cm³/mol. The van der Waals surface area contributed by atoms with Gasteiger partial charge in [-0.25, -0.2) is 0 Å². The normalized spacial score (nSPS) is 24.5. The lowest BCUT2D eigenvalue weighted by molar-refractivity contribution is -0.213. The molecule has 0 radical (unpaired) electrons. The molecule has 4 aliphatic rings. The second-order valence-electron chi connectivity index (χ2n) is 18.4. The van der Waals surface area contributed by atoms with Crippen molar-refractivity contribution in [3.05, 3.63) is 149 Å². The standard InChI is InChI=1S/C51H56N4O11/c1-49(2,3)63-41(58)26-24-38(31-56)53-46(59)34-18-14-15-32(27-34)29-52-48(61)50-28-39-42-43(65-51(64-42,36-19-8-6-9-20-36)37-21-10-7-11-22-37)45(50)66-55(44(50)47(60)62-39)30-35-17-13-12-16-33(35)23-25-40(57)54(4)5/h6-23,25,27,38-39,42-45,56H,24,26,28-31H2,1-5H3,(H,52,61)(H,53,59)/t38-,39-,42-,43-,44-,45+,50-/m0/s1. The van der Waals surface area contributed by atoms with Crippen LogP contribution in [0.15, 0.2) is 115 Å². The number of aliphatic hydroxyl groups excluding tert-OH is 1. The molecule has 3 saturated heterocycles. The van der Waals surface area contributed by atoms with Gasteiger partial charge >= 0.3 is 11.9 Å². The topological polar surface area (TPSA) is 182 Å². The summed E-state index contributed by atoms with van der Waals surface area (Å²) in [6.45, 7) is 4.95. The maximum Gasteiger partial charge on any atom is 0.327 e. The number of esters is 2. The summed E-state index contributed by atoms with van der Waals surface area (Å²) in [5, 5.41) is 17.4. The first kappa shape index (κ1) is 46.3. The molecule has 0 aromatic heterocycles. The maximum atomic E-state index is 15.2. The number of aliphatic hydroxyl groups is 1. The van der Waals surface area contributed by atoms with E-state index in [9.17, 15) is 24.3 Å². The molecule has 3 heterocycles. The first-order chi connectivity index (χ1) is 31.6. The molecule has 0 spiro atoms. The van der Waals surface area contributed by atoms with E-state index in [4.69, 9.17) is 23.8 Å². The van der Waals surface area contributed by atoms with Crippen LogP contribution >= 0.6 is 0 Å². The van der Waals surface area contributed by atoms with E-state index >= 15 is 4.79 Å². The molecule has 2 bridgehead atoms. The van der Waals surface area contributed by atoms with E-state index in [1.807, 2.05) is 84.9 Å². The number of hydrogen-bond acceptors (Lipinski definition) is 12. The number of hydrogen-bond donors (Lipinski definition) is 3. The number of likely N-dealkylation sites (N-methyl/N-ethyl adjacent to an activating group) is 1. The minimum Gasteiger partial charge on any atom is -0.460 e. The Hall–Kier alpha value is -6.23. The number of fused-ring (bicyclic) bond motifs is 4. The highest BCUT2D eigenvalue weighted by Gasteiger charge is 2.76. The fourth-order valence-electron chi connectivity index (χ4n) is 9.34. The summed E-state index contributed by atoms with van der Waals surface area (Å²) >= 11 is 0. The van der Waals surface area contributed by atoms with Gasteiger partial charge in [0.05, 0.1) is 19.2 Å². The molecule has 346 valence electrons. The van der Waals surface area contributed by atoms with Crippen molar-refractivity contribution in [2.24, 2.45) is 5.41 Å². The molecule has 4 aromatic carbocycles. The monoisotopic (exact) mass is 900 g/mol. The number of benzene rings is 4. The lowest BCUT2D eigenvalue weighted by Gasteiger charge is -2.48. The van der Waals surface area contributed by atoms with Crippen LogP contribution in [-0.2, 0) is 61.8 Å². The Morgan fingerprint density at radius 2 is 1.58 bits per heavy atom. The quantitative estimate of drug-likeness (QED) is 0.110. The minimum atomic E-state index is -1.53. The van der Waals surface area contributed by atoms with Crippen molar-refractivity contribution in [2.45, 2.75) is 101 Å². The van der Waals surface area contributed by atoms with Crippen molar-refractivity contribution >= 4 is 35.7 Å². The maximum absolute atomic E-state index is 15.2. The Morgan fingerprint density at radius 3 is 2.24 bits per heavy atom. The number of nitrogens with one attached hydrogen (secondary N) is 2. The van der Waals surface area contributed by atoms with E-state index in [0.717, 1.165) is 11.1 Å². The van der Waals surface area contributed by atoms with E-state index in [0.29, 0.717) is 16.7 Å². The molecule has 7 atom stereocenters. The molecule has 3 amide bonds. The number of ether oxygens (including phenoxy) is 4. The average molecular weight is 901 g/mol. The van der Waals surface area contributed by atoms with Gasteiger partial charge in [0.15, 0.2) is 6.04 Å². The van der Waals surface area contributed by atoms with Gasteiger partial charge in [-0.15, -0.1) is 0 Å². The zero-order valence-electron chi connectivity index (χ0n) is 37.7. The van der Waals surface area contributed by atoms with Crippen LogP contribution in [0.3, 0.4) is 0 Å². The summed E-state index contributed by atoms with van der Waals surface area (Å²) in [4.78, 5) is 76.3. The van der Waals surface area contributed by atoms with E-state index in [2.05, 4.69) is 10.6 Å². The minimum absolute atomic E-state index is 0.00767. The van der Waals surface area contributed by atoms with Gasteiger partial charge in [0.2, 0.25) is 17.6 Å². The van der Waals surface area contributed by atoms with E-state index < -0.39 is 77.1 Å². The molecule has 1 saturated carbocycles. The number of amides is 3. The van der Waals surface area contributed by atoms with Crippen LogP contribution < -0.4 is 10.6 Å². The van der Waals surface area contributed by atoms with Crippen LogP contribution in [0.25, 0.3) is 6.08 Å². The number of carbonyl (C=O) groups is 5. The van der Waals surface area contributed by atoms with E-state index in [1.165, 1.54) is 16.0 Å². The number of nitrogens with zero attached hydrogens (tertiary/aromatic N) is 2. The Balaban J connectivity index is 1.09. The molecule has 15 nitrogen and oxygen atoms in total. The van der Waals surface area contributed by atoms with Gasteiger partial charge in [0, 0.05) is 56.2 Å². The van der Waals surface area contributed by atoms with Crippen LogP contribution in [0.5, 0.6) is 0 Å². The third-order valence-electron chi connectivity index (χ3n) is 12.4. The number of carbonyl (C=O) groups excluding carboxylic acids is 5. The summed E-state index contributed by atoms with van der Waals surface area (Å²) in [5.74, 6) is -3.66. The molecule has 3 N–H and O–H groups in total. The summed E-state index contributed by atoms with van der Waals surface area (Å²) < 4.78 is 25.7. The van der Waals surface area contributed by atoms with E-state index in [1.54, 1.807) is 65.2 Å². The van der Waals surface area contributed by atoms with E-state index in [-0.39, 0.29) is 50.4 Å². The number of hydroxylamine groups is 2. The van der Waals surface area contributed by atoms with Gasteiger partial charge in [-0.1, -0.05) is 97.1 Å². The Labute approximate surface area is 383 Å². The highest BCUT2D eigenvalue weighted by Crippen LogP contribution is 2.59. The van der Waals surface area contributed by atoms with Gasteiger partial charge in [-0.2, -0.15) is 5.06 Å². The molecular weight excluding hydrogens is 845 g/mol. The molecule has 8 rings (SSSR count). The van der Waals surface area contributed by atoms with Crippen molar-refractivity contribution in [1.29, 1.82) is 0 Å². The molecule has 15 heteroatoms. The van der Waals surface area contributed by atoms with Gasteiger partial charge in [-0.05, 0) is 62.1 Å². The van der Waals surface area contributed by atoms with Crippen molar-refractivity contribution in [2.75, 3.05) is 20.7 Å². The van der Waals surface area contributed by atoms with Crippen molar-refractivity contribution in [1.82, 2.24) is 20.6 Å². The fraction of sp³-hybridized carbons (Fsp3) is 0.392. The smallest absolute Gasteiger partial charge is 0.327 e. The summed E-state index contributed by atoms with van der Waals surface area (Å²) in [6.07, 6.45) is -0.215. The zero-order valence-corrected chi connectivity index (χ0v) is 37.7. The second kappa shape index (κ2) is 18.9. The molecule has 3 aliphatic heterocycles. The van der Waals surface area contributed by atoms with Crippen LogP contribution in [-0.4, -0.2) is 108 Å². The third kappa shape index (κ3) is 9.26. The Kier molecular flexibility index (Phi) is 13.3. The summed E-state index contributed by atoms with van der Waals surface area (Å²) in [6, 6.07) is 31.2. The number of rotatable bonds is 15. The Bertz CT molecular complexity index is 2430. The van der Waals surface area contributed by atoms with Crippen LogP contribution in [0.1, 0.15) is 78.2 Å². The fourth-order valence-corrected chi connectivity index (χ4v) is 9.34. The van der Waals surface area contributed by atoms with Crippen LogP contribution in [0.2, 0.25) is 0 Å². The highest BCUT2D eigenvalue weighted by molar-refractivity contribution is 5.95. The molecule has 4 aromatic rings. The molecule has 4 fully saturated rings. The van der Waals surface area contributed by atoms with Crippen LogP contribution in [0, 0.1) is 5.41 Å². The van der Waals surface area contributed by atoms with Gasteiger partial charge in [-0.3, -0.25) is 28.8 Å². The zero-order chi connectivity index (χ0) is 46.8. The highest BCUT2D eigenvalue weighted by atomic mass is 16.8. The summed E-state index contributed by atoms with van der Waals surface area (Å²) in [5.41, 5.74) is 1.55. The lowest BCUT2D eigenvalue weighted by Crippen LogP contribution is -2.69. The van der Waals surface area contributed by atoms with Crippen LogP contribution in [0.4, 0.5) is 0 Å².